The highest BCUT2D eigenvalue weighted by Gasteiger charge is 2.41. The van der Waals surface area contributed by atoms with Crippen molar-refractivity contribution in [2.24, 2.45) is 0 Å². The monoisotopic (exact) mass is 252 g/mol. The maximum atomic E-state index is 10.0. The van der Waals surface area contributed by atoms with Gasteiger partial charge >= 0.3 is 0 Å². The van der Waals surface area contributed by atoms with E-state index >= 15 is 0 Å². The van der Waals surface area contributed by atoms with Gasteiger partial charge in [0, 0.05) is 0 Å². The molecule has 2 rings (SSSR count). The predicted octanol–water partition coefficient (Wildman–Crippen LogP) is 1.10. The standard InChI is InChI=1S/C14H20O4/c1-9-12(15)13(16)14(10(2)18-9)17-8-11-6-4-3-5-7-11/h3-7,9-10,12-16H,8H2,1-2H3/t9-,10?,12+,13?,14-/m0/s1. The van der Waals surface area contributed by atoms with Gasteiger partial charge in [-0.2, -0.15) is 0 Å². The van der Waals surface area contributed by atoms with Crippen LogP contribution in [0.2, 0.25) is 0 Å². The fourth-order valence-electron chi connectivity index (χ4n) is 2.25. The Kier molecular flexibility index (Phi) is 4.35. The molecule has 2 N–H and O–H groups in total. The molecule has 0 bridgehead atoms. The van der Waals surface area contributed by atoms with E-state index in [1.165, 1.54) is 0 Å². The van der Waals surface area contributed by atoms with Crippen LogP contribution in [0.4, 0.5) is 0 Å². The van der Waals surface area contributed by atoms with Crippen molar-refractivity contribution in [2.75, 3.05) is 0 Å². The van der Waals surface area contributed by atoms with Gasteiger partial charge in [-0.1, -0.05) is 30.3 Å². The second kappa shape index (κ2) is 5.80. The molecule has 0 amide bonds. The number of benzene rings is 1. The Morgan fingerprint density at radius 3 is 2.39 bits per heavy atom. The minimum Gasteiger partial charge on any atom is -0.388 e. The van der Waals surface area contributed by atoms with Crippen molar-refractivity contribution in [3.05, 3.63) is 35.9 Å². The molecular weight excluding hydrogens is 232 g/mol. The molecule has 4 nitrogen and oxygen atoms in total. The van der Waals surface area contributed by atoms with Gasteiger partial charge in [-0.25, -0.2) is 0 Å². The summed E-state index contributed by atoms with van der Waals surface area (Å²) in [6.45, 7) is 4.00. The van der Waals surface area contributed by atoms with Gasteiger partial charge in [0.2, 0.25) is 0 Å². The molecule has 2 unspecified atom stereocenters. The van der Waals surface area contributed by atoms with Gasteiger partial charge in [0.1, 0.15) is 18.3 Å². The SMILES string of the molecule is CC1O[C@@H](C)[C@@H](O)C(O)[C@H]1OCc1ccccc1. The van der Waals surface area contributed by atoms with E-state index < -0.39 is 18.3 Å². The van der Waals surface area contributed by atoms with E-state index in [-0.39, 0.29) is 12.2 Å². The molecule has 18 heavy (non-hydrogen) atoms. The van der Waals surface area contributed by atoms with Crippen molar-refractivity contribution in [1.29, 1.82) is 0 Å². The molecule has 0 aliphatic carbocycles. The van der Waals surface area contributed by atoms with Gasteiger partial charge in [-0.3, -0.25) is 0 Å². The van der Waals surface area contributed by atoms with Crippen molar-refractivity contribution in [2.45, 2.75) is 51.0 Å². The normalized spacial score (nSPS) is 36.6. The summed E-state index contributed by atoms with van der Waals surface area (Å²) < 4.78 is 11.2. The third kappa shape index (κ3) is 2.90. The summed E-state index contributed by atoms with van der Waals surface area (Å²) in [4.78, 5) is 0. The Labute approximate surface area is 107 Å². The van der Waals surface area contributed by atoms with E-state index in [0.717, 1.165) is 5.56 Å². The summed E-state index contributed by atoms with van der Waals surface area (Å²) >= 11 is 0. The van der Waals surface area contributed by atoms with Crippen molar-refractivity contribution in [3.63, 3.8) is 0 Å². The first-order valence-electron chi connectivity index (χ1n) is 6.26. The Hall–Kier alpha value is -0.940. The third-order valence-electron chi connectivity index (χ3n) is 3.34. The highest BCUT2D eigenvalue weighted by atomic mass is 16.6. The summed E-state index contributed by atoms with van der Waals surface area (Å²) in [7, 11) is 0. The average Bonchev–Trinajstić information content (AvgIpc) is 2.37. The zero-order valence-electron chi connectivity index (χ0n) is 10.7. The zero-order valence-corrected chi connectivity index (χ0v) is 10.7. The van der Waals surface area contributed by atoms with Gasteiger partial charge in [-0.15, -0.1) is 0 Å². The Morgan fingerprint density at radius 2 is 1.72 bits per heavy atom. The van der Waals surface area contributed by atoms with Crippen LogP contribution in [-0.2, 0) is 16.1 Å². The number of aliphatic hydroxyl groups is 2. The van der Waals surface area contributed by atoms with E-state index in [4.69, 9.17) is 9.47 Å². The fraction of sp³-hybridized carbons (Fsp3) is 0.571. The lowest BCUT2D eigenvalue weighted by Crippen LogP contribution is -2.56. The summed E-state index contributed by atoms with van der Waals surface area (Å²) in [6.07, 6.45) is -2.92. The fourth-order valence-corrected chi connectivity index (χ4v) is 2.25. The minimum atomic E-state index is -0.910. The van der Waals surface area contributed by atoms with Crippen molar-refractivity contribution in [3.8, 4) is 0 Å². The van der Waals surface area contributed by atoms with Crippen molar-refractivity contribution in [1.82, 2.24) is 0 Å². The van der Waals surface area contributed by atoms with Gasteiger partial charge in [-0.05, 0) is 19.4 Å². The van der Waals surface area contributed by atoms with E-state index in [0.29, 0.717) is 6.61 Å². The summed E-state index contributed by atoms with van der Waals surface area (Å²) in [5.74, 6) is 0. The van der Waals surface area contributed by atoms with Crippen LogP contribution in [0.25, 0.3) is 0 Å². The van der Waals surface area contributed by atoms with Crippen molar-refractivity contribution < 1.29 is 19.7 Å². The van der Waals surface area contributed by atoms with E-state index in [1.807, 2.05) is 37.3 Å². The van der Waals surface area contributed by atoms with Crippen LogP contribution in [0.3, 0.4) is 0 Å². The summed E-state index contributed by atoms with van der Waals surface area (Å²) in [5, 5.41) is 19.8. The minimum absolute atomic E-state index is 0.234. The van der Waals surface area contributed by atoms with Crippen LogP contribution in [0.1, 0.15) is 19.4 Å². The molecule has 4 heteroatoms. The largest absolute Gasteiger partial charge is 0.388 e. The molecule has 5 atom stereocenters. The summed E-state index contributed by atoms with van der Waals surface area (Å²) in [6, 6.07) is 9.73. The van der Waals surface area contributed by atoms with Crippen LogP contribution in [0.5, 0.6) is 0 Å². The zero-order chi connectivity index (χ0) is 13.1. The molecule has 0 radical (unpaired) electrons. The molecule has 0 aromatic heterocycles. The first kappa shape index (κ1) is 13.5. The number of hydrogen-bond acceptors (Lipinski definition) is 4. The lowest BCUT2D eigenvalue weighted by molar-refractivity contribution is -0.228. The maximum Gasteiger partial charge on any atom is 0.112 e. The molecule has 1 aromatic carbocycles. The topological polar surface area (TPSA) is 58.9 Å². The van der Waals surface area contributed by atoms with Gasteiger partial charge < -0.3 is 19.7 Å². The lowest BCUT2D eigenvalue weighted by atomic mass is 9.96. The Balaban J connectivity index is 1.96. The molecule has 1 fully saturated rings. The first-order valence-corrected chi connectivity index (χ1v) is 6.26. The van der Waals surface area contributed by atoms with Gasteiger partial charge in [0.05, 0.1) is 18.8 Å². The van der Waals surface area contributed by atoms with Crippen molar-refractivity contribution >= 4 is 0 Å². The molecule has 1 saturated heterocycles. The van der Waals surface area contributed by atoms with Crippen LogP contribution < -0.4 is 0 Å². The summed E-state index contributed by atoms with van der Waals surface area (Å²) in [5.41, 5.74) is 1.03. The molecule has 1 aromatic rings. The van der Waals surface area contributed by atoms with Gasteiger partial charge in [0.25, 0.3) is 0 Å². The van der Waals surface area contributed by atoms with E-state index in [1.54, 1.807) is 6.92 Å². The molecule has 1 aliphatic rings. The second-order valence-electron chi connectivity index (χ2n) is 4.79. The molecule has 0 spiro atoms. The molecule has 1 aliphatic heterocycles. The number of aliphatic hydroxyl groups excluding tert-OH is 2. The second-order valence-corrected chi connectivity index (χ2v) is 4.79. The molecule has 100 valence electrons. The average molecular weight is 252 g/mol. The van der Waals surface area contributed by atoms with Crippen LogP contribution in [-0.4, -0.2) is 40.7 Å². The molecule has 0 saturated carbocycles. The van der Waals surface area contributed by atoms with E-state index in [9.17, 15) is 10.2 Å². The number of ether oxygens (including phenoxy) is 2. The van der Waals surface area contributed by atoms with Crippen LogP contribution in [0.15, 0.2) is 30.3 Å². The third-order valence-corrected chi connectivity index (χ3v) is 3.34. The maximum absolute atomic E-state index is 10.0. The van der Waals surface area contributed by atoms with Gasteiger partial charge in [0.15, 0.2) is 0 Å². The van der Waals surface area contributed by atoms with E-state index in [2.05, 4.69) is 0 Å². The lowest BCUT2D eigenvalue weighted by Gasteiger charge is -2.40. The smallest absolute Gasteiger partial charge is 0.112 e. The Bertz CT molecular complexity index is 367. The van der Waals surface area contributed by atoms with Crippen LogP contribution in [0, 0.1) is 0 Å². The quantitative estimate of drug-likeness (QED) is 0.846. The Morgan fingerprint density at radius 1 is 1.06 bits per heavy atom. The first-order chi connectivity index (χ1) is 8.59. The number of hydrogen-bond donors (Lipinski definition) is 2. The predicted molar refractivity (Wildman–Crippen MR) is 67.0 cm³/mol. The highest BCUT2D eigenvalue weighted by Crippen LogP contribution is 2.23. The number of rotatable bonds is 3. The molecule has 1 heterocycles. The van der Waals surface area contributed by atoms with Crippen LogP contribution >= 0.6 is 0 Å². The molecular formula is C14H20O4. The highest BCUT2D eigenvalue weighted by molar-refractivity contribution is 5.13.